The fourth-order valence-electron chi connectivity index (χ4n) is 2.01. The van der Waals surface area contributed by atoms with E-state index in [1.165, 1.54) is 4.90 Å². The smallest absolute Gasteiger partial charge is 0.299 e. The van der Waals surface area contributed by atoms with Crippen LogP contribution < -0.4 is 5.32 Å². The van der Waals surface area contributed by atoms with E-state index in [1.54, 1.807) is 0 Å². The number of nitrogens with one attached hydrogen (secondary N) is 2. The summed E-state index contributed by atoms with van der Waals surface area (Å²) in [5.74, 6) is 2.63. The number of amidine groups is 1. The number of urea groups is 1. The predicted octanol–water partition coefficient (Wildman–Crippen LogP) is 1.67. The van der Waals surface area contributed by atoms with Gasteiger partial charge in [-0.25, -0.2) is 4.79 Å². The highest BCUT2D eigenvalue weighted by Crippen LogP contribution is 2.27. The molecule has 1 aromatic rings. The van der Waals surface area contributed by atoms with Crippen molar-refractivity contribution in [3.05, 3.63) is 35.4 Å². The highest BCUT2D eigenvalue weighted by molar-refractivity contribution is 6.06. The van der Waals surface area contributed by atoms with Gasteiger partial charge in [-0.15, -0.1) is 6.42 Å². The molecule has 0 aromatic heterocycles. The average molecular weight is 227 g/mol. The molecule has 2 rings (SSSR count). The topological polar surface area (TPSA) is 56.2 Å². The second-order valence-electron chi connectivity index (χ2n) is 3.93. The molecule has 4 nitrogen and oxygen atoms in total. The number of nitrogens with zero attached hydrogens (tertiary/aromatic N) is 1. The van der Waals surface area contributed by atoms with Crippen molar-refractivity contribution in [2.45, 2.75) is 13.0 Å². The van der Waals surface area contributed by atoms with Gasteiger partial charge in [-0.3, -0.25) is 15.6 Å². The van der Waals surface area contributed by atoms with E-state index >= 15 is 0 Å². The quantitative estimate of drug-likeness (QED) is 0.742. The molecule has 1 atom stereocenters. The van der Waals surface area contributed by atoms with E-state index in [0.29, 0.717) is 0 Å². The van der Waals surface area contributed by atoms with Crippen molar-refractivity contribution in [2.24, 2.45) is 0 Å². The Bertz CT molecular complexity index is 516. The Morgan fingerprint density at radius 3 is 2.88 bits per heavy atom. The molecule has 0 bridgehead atoms. The van der Waals surface area contributed by atoms with Crippen LogP contribution in [-0.4, -0.2) is 23.3 Å². The largest absolute Gasteiger partial charge is 0.324 e. The third kappa shape index (κ3) is 1.87. The van der Waals surface area contributed by atoms with Gasteiger partial charge < -0.3 is 0 Å². The van der Waals surface area contributed by atoms with E-state index in [-0.39, 0.29) is 24.5 Å². The molecular weight excluding hydrogens is 214 g/mol. The third-order valence-electron chi connectivity index (χ3n) is 2.83. The first kappa shape index (κ1) is 11.2. The third-order valence-corrected chi connectivity index (χ3v) is 2.83. The van der Waals surface area contributed by atoms with Crippen LogP contribution in [0.15, 0.2) is 24.3 Å². The Balaban J connectivity index is 2.43. The van der Waals surface area contributed by atoms with Crippen LogP contribution in [0.3, 0.4) is 0 Å². The van der Waals surface area contributed by atoms with Crippen molar-refractivity contribution in [1.29, 1.82) is 5.41 Å². The summed E-state index contributed by atoms with van der Waals surface area (Å²) >= 11 is 0. The second kappa shape index (κ2) is 4.30. The summed E-state index contributed by atoms with van der Waals surface area (Å²) in [5, 5.41) is 10.3. The molecule has 0 aliphatic carbocycles. The van der Waals surface area contributed by atoms with Crippen molar-refractivity contribution in [1.82, 2.24) is 10.2 Å². The lowest BCUT2D eigenvalue weighted by molar-refractivity contribution is 0.212. The molecule has 86 valence electrons. The molecule has 17 heavy (non-hydrogen) atoms. The number of carbonyl (C=O) groups is 1. The van der Waals surface area contributed by atoms with Gasteiger partial charge in [0, 0.05) is 0 Å². The van der Waals surface area contributed by atoms with Gasteiger partial charge in [0.05, 0.1) is 6.54 Å². The van der Waals surface area contributed by atoms with Gasteiger partial charge in [-0.2, -0.15) is 0 Å². The molecule has 0 saturated carbocycles. The monoisotopic (exact) mass is 227 g/mol. The summed E-state index contributed by atoms with van der Waals surface area (Å²) in [6.45, 7) is 2.16. The first-order chi connectivity index (χ1) is 8.15. The fourth-order valence-corrected chi connectivity index (χ4v) is 2.01. The summed E-state index contributed by atoms with van der Waals surface area (Å²) in [6, 6.07) is 7.00. The highest BCUT2D eigenvalue weighted by atomic mass is 16.2. The molecular formula is C13H13N3O. The first-order valence-corrected chi connectivity index (χ1v) is 5.30. The fraction of sp³-hybridized carbons (Fsp3) is 0.231. The van der Waals surface area contributed by atoms with E-state index in [0.717, 1.165) is 11.1 Å². The number of aryl methyl sites for hydroxylation is 1. The van der Waals surface area contributed by atoms with Crippen molar-refractivity contribution >= 4 is 11.9 Å². The molecule has 0 spiro atoms. The van der Waals surface area contributed by atoms with Crippen LogP contribution >= 0.6 is 0 Å². The zero-order valence-corrected chi connectivity index (χ0v) is 9.53. The maximum atomic E-state index is 11.6. The van der Waals surface area contributed by atoms with Gasteiger partial charge in [0.15, 0.2) is 0 Å². The Labute approximate surface area is 100 Å². The lowest BCUT2D eigenvalue weighted by Crippen LogP contribution is -2.30. The molecule has 1 saturated heterocycles. The maximum absolute atomic E-state index is 11.6. The lowest BCUT2D eigenvalue weighted by atomic mass is 10.0. The van der Waals surface area contributed by atoms with Crippen LogP contribution in [0.4, 0.5) is 4.79 Å². The molecule has 4 heteroatoms. The summed E-state index contributed by atoms with van der Waals surface area (Å²) in [7, 11) is 0. The maximum Gasteiger partial charge on any atom is 0.324 e. The predicted molar refractivity (Wildman–Crippen MR) is 65.7 cm³/mol. The Morgan fingerprint density at radius 1 is 1.53 bits per heavy atom. The SMILES string of the molecule is C#CCN1C(=O)NC(=N)C1c1ccccc1C. The van der Waals surface area contributed by atoms with Crippen LogP contribution in [-0.2, 0) is 0 Å². The van der Waals surface area contributed by atoms with Crippen LogP contribution in [0.25, 0.3) is 0 Å². The molecule has 2 amide bonds. The van der Waals surface area contributed by atoms with Crippen molar-refractivity contribution in [2.75, 3.05) is 6.54 Å². The summed E-state index contributed by atoms with van der Waals surface area (Å²) in [4.78, 5) is 13.1. The number of terminal acetylenes is 1. The number of hydrogen-bond acceptors (Lipinski definition) is 2. The number of hydrogen-bond donors (Lipinski definition) is 2. The van der Waals surface area contributed by atoms with Gasteiger partial charge in [0.1, 0.15) is 11.9 Å². The Hall–Kier alpha value is -2.28. The summed E-state index contributed by atoms with van der Waals surface area (Å²) < 4.78 is 0. The number of carbonyl (C=O) groups excluding carboxylic acids is 1. The van der Waals surface area contributed by atoms with Gasteiger partial charge in [-0.05, 0) is 18.1 Å². The number of benzene rings is 1. The molecule has 0 radical (unpaired) electrons. The van der Waals surface area contributed by atoms with Crippen LogP contribution in [0.2, 0.25) is 0 Å². The molecule has 1 aromatic carbocycles. The summed E-state index contributed by atoms with van der Waals surface area (Å²) in [5.41, 5.74) is 1.98. The molecule has 2 N–H and O–H groups in total. The Morgan fingerprint density at radius 2 is 2.24 bits per heavy atom. The van der Waals surface area contributed by atoms with Gasteiger partial charge >= 0.3 is 6.03 Å². The molecule has 1 aliphatic rings. The minimum absolute atomic E-state index is 0.180. The second-order valence-corrected chi connectivity index (χ2v) is 3.93. The summed E-state index contributed by atoms with van der Waals surface area (Å²) in [6.07, 6.45) is 5.25. The molecule has 1 fully saturated rings. The normalized spacial score (nSPS) is 19.1. The number of amides is 2. The van der Waals surface area contributed by atoms with E-state index < -0.39 is 0 Å². The van der Waals surface area contributed by atoms with E-state index in [4.69, 9.17) is 11.8 Å². The van der Waals surface area contributed by atoms with E-state index in [1.807, 2.05) is 31.2 Å². The molecule has 1 heterocycles. The minimum atomic E-state index is -0.389. The first-order valence-electron chi connectivity index (χ1n) is 5.30. The van der Waals surface area contributed by atoms with Crippen molar-refractivity contribution in [3.63, 3.8) is 0 Å². The Kier molecular flexibility index (Phi) is 2.84. The minimum Gasteiger partial charge on any atom is -0.299 e. The lowest BCUT2D eigenvalue weighted by Gasteiger charge is -2.22. The zero-order chi connectivity index (χ0) is 12.4. The molecule has 1 aliphatic heterocycles. The van der Waals surface area contributed by atoms with Gasteiger partial charge in [0.25, 0.3) is 0 Å². The van der Waals surface area contributed by atoms with Gasteiger partial charge in [0.2, 0.25) is 0 Å². The van der Waals surface area contributed by atoms with Crippen LogP contribution in [0.1, 0.15) is 17.2 Å². The van der Waals surface area contributed by atoms with Gasteiger partial charge in [-0.1, -0.05) is 30.2 Å². The van der Waals surface area contributed by atoms with Crippen molar-refractivity contribution < 1.29 is 4.79 Å². The van der Waals surface area contributed by atoms with Crippen LogP contribution in [0.5, 0.6) is 0 Å². The number of rotatable bonds is 2. The van der Waals surface area contributed by atoms with Crippen molar-refractivity contribution in [3.8, 4) is 12.3 Å². The average Bonchev–Trinajstić information content (AvgIpc) is 2.56. The highest BCUT2D eigenvalue weighted by Gasteiger charge is 2.36. The molecule has 1 unspecified atom stereocenters. The standard InChI is InChI=1S/C13H13N3O/c1-3-8-16-11(12(14)15-13(16)17)10-7-5-4-6-9(10)2/h1,4-7,11H,8H2,2H3,(H2,14,15,17). The van der Waals surface area contributed by atoms with Crippen LogP contribution in [0, 0.1) is 24.7 Å². The van der Waals surface area contributed by atoms with E-state index in [2.05, 4.69) is 11.2 Å². The van der Waals surface area contributed by atoms with E-state index in [9.17, 15) is 4.79 Å². The zero-order valence-electron chi connectivity index (χ0n) is 9.53.